The van der Waals surface area contributed by atoms with Crippen molar-refractivity contribution in [1.82, 2.24) is 0 Å². The van der Waals surface area contributed by atoms with Crippen molar-refractivity contribution in [3.63, 3.8) is 0 Å². The van der Waals surface area contributed by atoms with E-state index >= 15 is 0 Å². The number of thioether (sulfide) groups is 2. The van der Waals surface area contributed by atoms with Crippen LogP contribution >= 0.6 is 57.3 Å². The molecule has 6 unspecified atom stereocenters. The molecule has 0 spiro atoms. The first-order valence-corrected chi connectivity index (χ1v) is 39.0. The molecular formula is C71H75ClLiS4Si2+. The number of allylic oxidation sites excluding steroid dienone is 7. The Bertz CT molecular complexity index is 3870. The van der Waals surface area contributed by atoms with Gasteiger partial charge in [-0.15, -0.1) is 46.2 Å². The van der Waals surface area contributed by atoms with Gasteiger partial charge >= 0.3 is 18.9 Å². The van der Waals surface area contributed by atoms with Crippen LogP contribution in [0.3, 0.4) is 0 Å². The predicted octanol–water partition coefficient (Wildman–Crippen LogP) is 19.4. The van der Waals surface area contributed by atoms with Crippen LogP contribution in [0, 0.1) is 46.5 Å². The third-order valence-electron chi connectivity index (χ3n) is 18.0. The van der Waals surface area contributed by atoms with Gasteiger partial charge in [-0.05, 0) is 193 Å². The summed E-state index contributed by atoms with van der Waals surface area (Å²) in [5.41, 5.74) is 21.9. The van der Waals surface area contributed by atoms with Crippen LogP contribution in [-0.4, -0.2) is 26.0 Å². The SMILES string of the molecule is CC1=CC2C(CC3SC(C)=CC32)S1.CC1=Cc2c(ccc3ccc(C)cc23)C1.CC1=Cc2c(ccc3ccc(C)cc23)C1[Si](C)(C)C1c2sc(C)cc2-c2cc(C)sc21.CC1=Cc2c(ccc3ccc(C)cc23)C1[Si](C)(C)Cl.[Li+]. The molecule has 2 aliphatic heterocycles. The molecule has 8 heteroatoms. The van der Waals surface area contributed by atoms with Crippen LogP contribution in [0.4, 0.5) is 0 Å². The first-order chi connectivity index (χ1) is 37.1. The smallest absolute Gasteiger partial charge is 0.167 e. The van der Waals surface area contributed by atoms with Gasteiger partial charge in [0.15, 0.2) is 7.38 Å². The zero-order chi connectivity index (χ0) is 54.9. The van der Waals surface area contributed by atoms with E-state index in [4.69, 9.17) is 11.1 Å². The minimum atomic E-state index is -1.78. The Labute approximate surface area is 507 Å². The first kappa shape index (κ1) is 57.1. The quantitative estimate of drug-likeness (QED) is 0.128. The summed E-state index contributed by atoms with van der Waals surface area (Å²) in [7, 11) is -3.51. The number of rotatable bonds is 3. The molecular weight excluding hydrogens is 1080 g/mol. The molecule has 2 aromatic heterocycles. The minimum absolute atomic E-state index is 0. The molecule has 1 fully saturated rings. The van der Waals surface area contributed by atoms with Crippen LogP contribution in [0.15, 0.2) is 142 Å². The third kappa shape index (κ3) is 10.5. The van der Waals surface area contributed by atoms with Gasteiger partial charge < -0.3 is 0 Å². The molecule has 6 atom stereocenters. The molecule has 8 aromatic rings. The van der Waals surface area contributed by atoms with Gasteiger partial charge in [-0.25, -0.2) is 0 Å². The Hall–Kier alpha value is -3.78. The zero-order valence-electron chi connectivity index (χ0n) is 49.2. The Balaban J connectivity index is 0.000000118. The maximum atomic E-state index is 6.74. The molecule has 1 saturated carbocycles. The molecule has 398 valence electrons. The Morgan fingerprint density at radius 2 is 0.886 bits per heavy atom. The van der Waals surface area contributed by atoms with Crippen molar-refractivity contribution in [1.29, 1.82) is 0 Å². The Kier molecular flexibility index (Phi) is 15.7. The average molecular weight is 1160 g/mol. The summed E-state index contributed by atoms with van der Waals surface area (Å²) in [6, 6.07) is 39.0. The molecule has 0 N–H and O–H groups in total. The van der Waals surface area contributed by atoms with Crippen molar-refractivity contribution < 1.29 is 18.9 Å². The van der Waals surface area contributed by atoms with E-state index in [2.05, 4.69) is 252 Å². The maximum Gasteiger partial charge on any atom is 1.00 e. The van der Waals surface area contributed by atoms with E-state index in [1.807, 2.05) is 22.7 Å². The van der Waals surface area contributed by atoms with Crippen molar-refractivity contribution in [3.8, 4) is 11.1 Å². The number of halogens is 1. The minimum Gasteiger partial charge on any atom is -0.167 e. The van der Waals surface area contributed by atoms with E-state index in [1.165, 1.54) is 115 Å². The molecule has 4 heterocycles. The summed E-state index contributed by atoms with van der Waals surface area (Å²) in [6.45, 7) is 32.2. The van der Waals surface area contributed by atoms with Gasteiger partial charge in [-0.1, -0.05) is 181 Å². The summed E-state index contributed by atoms with van der Waals surface area (Å²) < 4.78 is 0. The van der Waals surface area contributed by atoms with Crippen LogP contribution in [0.25, 0.3) is 61.7 Å². The van der Waals surface area contributed by atoms with Gasteiger partial charge in [0.2, 0.25) is 0 Å². The second-order valence-corrected chi connectivity index (χ2v) is 42.1. The summed E-state index contributed by atoms with van der Waals surface area (Å²) in [4.78, 5) is 9.30. The fourth-order valence-corrected chi connectivity index (χ4v) is 29.6. The van der Waals surface area contributed by atoms with E-state index in [0.717, 1.165) is 28.8 Å². The van der Waals surface area contributed by atoms with Crippen LogP contribution in [-0.2, 0) is 6.42 Å². The molecule has 0 nitrogen and oxygen atoms in total. The summed E-state index contributed by atoms with van der Waals surface area (Å²) in [5.74, 6) is 1.72. The van der Waals surface area contributed by atoms with Gasteiger partial charge in [0, 0.05) is 46.6 Å². The number of thiophene rings is 2. The summed E-state index contributed by atoms with van der Waals surface area (Å²) in [6.07, 6.45) is 14.7. The van der Waals surface area contributed by atoms with E-state index in [0.29, 0.717) is 16.6 Å². The van der Waals surface area contributed by atoms with Crippen molar-refractivity contribution >= 4 is 123 Å². The fourth-order valence-electron chi connectivity index (χ4n) is 14.9. The molecule has 0 amide bonds. The number of hydrogen-bond acceptors (Lipinski definition) is 4. The molecule has 0 saturated heterocycles. The average Bonchev–Trinajstić information content (AvgIpc) is 4.04. The number of aryl methyl sites for hydroxylation is 5. The van der Waals surface area contributed by atoms with Crippen molar-refractivity contribution in [3.05, 3.63) is 211 Å². The zero-order valence-corrected chi connectivity index (χ0v) is 55.2. The standard InChI is InChI=1S/C28H28S2Si.C17H19ClSi.C15H14.C11H14S2.Li/c1-15-7-8-19-9-10-20-22(21(19)11-15)12-16(2)27(20)31(5,6)28-25-23(13-17(3)29-25)24-14-18(4)30-26(24)28;1-11-5-6-13-7-8-14-16(15(13)9-11)10-12(2)17(14)19(3,4)18;1-10-3-4-12-5-6-13-7-11(2)9-15(13)14(12)8-10;1-6-3-8-9-4-7(2)13-11(9)5-10(8)12-6;/h7-14,27-28H,1-6H3;5-10,17H,1-4H3;3-6,8-9H,7H2,1-2H3;3-4,8-11H,5H2,1-2H3;/q;;;;+1. The van der Waals surface area contributed by atoms with E-state index < -0.39 is 15.5 Å². The van der Waals surface area contributed by atoms with E-state index in [9.17, 15) is 0 Å². The summed E-state index contributed by atoms with van der Waals surface area (Å²) in [5, 5.41) is 10.1. The van der Waals surface area contributed by atoms with Crippen LogP contribution in [0.1, 0.15) is 127 Å². The monoisotopic (exact) mass is 1150 g/mol. The second kappa shape index (κ2) is 21.8. The fraction of sp³-hybridized carbons (Fsp3) is 0.324. The normalized spacial score (nSPS) is 21.9. The molecule has 5 aliphatic carbocycles. The van der Waals surface area contributed by atoms with Crippen LogP contribution < -0.4 is 18.9 Å². The van der Waals surface area contributed by atoms with Crippen molar-refractivity contribution in [2.75, 3.05) is 0 Å². The van der Waals surface area contributed by atoms with Gasteiger partial charge in [0.25, 0.3) is 0 Å². The topological polar surface area (TPSA) is 0 Å². The molecule has 79 heavy (non-hydrogen) atoms. The molecule has 15 rings (SSSR count). The maximum absolute atomic E-state index is 6.74. The van der Waals surface area contributed by atoms with Gasteiger partial charge in [0.1, 0.15) is 0 Å². The van der Waals surface area contributed by atoms with Gasteiger partial charge in [-0.2, -0.15) is 11.1 Å². The van der Waals surface area contributed by atoms with Gasteiger partial charge in [0.05, 0.1) is 8.07 Å². The Morgan fingerprint density at radius 1 is 0.468 bits per heavy atom. The van der Waals surface area contributed by atoms with Crippen LogP contribution in [0.2, 0.25) is 26.2 Å². The largest absolute Gasteiger partial charge is 1.00 e. The third-order valence-corrected chi connectivity index (χ3v) is 30.4. The number of fused-ring (bicyclic) bond motifs is 15. The molecule has 0 bridgehead atoms. The summed E-state index contributed by atoms with van der Waals surface area (Å²) >= 11 is 15.1. The number of benzene rings is 6. The van der Waals surface area contributed by atoms with E-state index in [1.54, 1.807) is 30.7 Å². The van der Waals surface area contributed by atoms with Gasteiger partial charge in [-0.3, -0.25) is 0 Å². The molecule has 0 radical (unpaired) electrons. The Morgan fingerprint density at radius 3 is 1.35 bits per heavy atom. The predicted molar refractivity (Wildman–Crippen MR) is 358 cm³/mol. The van der Waals surface area contributed by atoms with Crippen molar-refractivity contribution in [2.24, 2.45) is 11.8 Å². The second-order valence-electron chi connectivity index (χ2n) is 25.1. The molecule has 6 aromatic carbocycles. The van der Waals surface area contributed by atoms with Crippen molar-refractivity contribution in [2.45, 2.75) is 135 Å². The molecule has 7 aliphatic rings. The van der Waals surface area contributed by atoms with E-state index in [-0.39, 0.29) is 18.9 Å². The van der Waals surface area contributed by atoms with Crippen LogP contribution in [0.5, 0.6) is 0 Å². The number of hydrogen-bond donors (Lipinski definition) is 0. The first-order valence-electron chi connectivity index (χ1n) is 28.3.